The molecule has 2 aromatic heterocycles. The molecule has 0 unspecified atom stereocenters. The standard InChI is InChI=1S/C14H12N2O2/c1-2-14-15-11-5-3-9(7-12(11)16-14)13-6-4-10(8-17)18-13/h3-8H,2H2,1H3,(H,15,16). The maximum atomic E-state index is 10.6. The minimum absolute atomic E-state index is 0.337. The van der Waals surface area contributed by atoms with E-state index in [0.717, 1.165) is 28.8 Å². The molecule has 0 aliphatic carbocycles. The van der Waals surface area contributed by atoms with Crippen molar-refractivity contribution in [3.63, 3.8) is 0 Å². The molecule has 0 saturated heterocycles. The Bertz CT molecular complexity index is 709. The number of aryl methyl sites for hydroxylation is 1. The third-order valence-corrected chi connectivity index (χ3v) is 2.89. The van der Waals surface area contributed by atoms with Gasteiger partial charge in [0.2, 0.25) is 0 Å². The van der Waals surface area contributed by atoms with Crippen LogP contribution in [0.2, 0.25) is 0 Å². The van der Waals surface area contributed by atoms with Gasteiger partial charge in [-0.3, -0.25) is 4.79 Å². The van der Waals surface area contributed by atoms with Gasteiger partial charge in [-0.1, -0.05) is 6.92 Å². The van der Waals surface area contributed by atoms with Gasteiger partial charge in [0.15, 0.2) is 12.0 Å². The molecule has 0 fully saturated rings. The van der Waals surface area contributed by atoms with Crippen LogP contribution in [0.5, 0.6) is 0 Å². The fourth-order valence-corrected chi connectivity index (χ4v) is 1.95. The van der Waals surface area contributed by atoms with E-state index in [1.807, 2.05) is 18.2 Å². The highest BCUT2D eigenvalue weighted by Crippen LogP contribution is 2.25. The molecule has 4 heteroatoms. The van der Waals surface area contributed by atoms with Gasteiger partial charge in [0, 0.05) is 12.0 Å². The predicted molar refractivity (Wildman–Crippen MR) is 68.6 cm³/mol. The SMILES string of the molecule is CCc1nc2ccc(-c3ccc(C=O)o3)cc2[nH]1. The maximum Gasteiger partial charge on any atom is 0.185 e. The summed E-state index contributed by atoms with van der Waals surface area (Å²) in [7, 11) is 0. The summed E-state index contributed by atoms with van der Waals surface area (Å²) >= 11 is 0. The van der Waals surface area contributed by atoms with E-state index in [0.29, 0.717) is 17.8 Å². The van der Waals surface area contributed by atoms with Gasteiger partial charge < -0.3 is 9.40 Å². The number of imidazole rings is 1. The number of nitrogens with zero attached hydrogens (tertiary/aromatic N) is 1. The number of H-pyrrole nitrogens is 1. The Morgan fingerprint density at radius 3 is 2.94 bits per heavy atom. The number of nitrogens with one attached hydrogen (secondary N) is 1. The summed E-state index contributed by atoms with van der Waals surface area (Å²) in [5, 5.41) is 0. The molecular weight excluding hydrogens is 228 g/mol. The van der Waals surface area contributed by atoms with Crippen molar-refractivity contribution in [1.82, 2.24) is 9.97 Å². The number of aldehydes is 1. The van der Waals surface area contributed by atoms with Crippen LogP contribution in [0.3, 0.4) is 0 Å². The zero-order chi connectivity index (χ0) is 12.5. The van der Waals surface area contributed by atoms with Gasteiger partial charge in [-0.25, -0.2) is 4.98 Å². The third-order valence-electron chi connectivity index (χ3n) is 2.89. The Morgan fingerprint density at radius 1 is 1.33 bits per heavy atom. The second-order valence-corrected chi connectivity index (χ2v) is 4.09. The number of furan rings is 1. The number of benzene rings is 1. The van der Waals surface area contributed by atoms with Crippen molar-refractivity contribution < 1.29 is 9.21 Å². The molecule has 0 spiro atoms. The van der Waals surface area contributed by atoms with Crippen LogP contribution < -0.4 is 0 Å². The molecule has 3 rings (SSSR count). The van der Waals surface area contributed by atoms with Crippen molar-refractivity contribution in [1.29, 1.82) is 0 Å². The van der Waals surface area contributed by atoms with Crippen LogP contribution in [0.15, 0.2) is 34.7 Å². The minimum atomic E-state index is 0.337. The zero-order valence-electron chi connectivity index (χ0n) is 9.93. The molecule has 4 nitrogen and oxygen atoms in total. The molecule has 1 N–H and O–H groups in total. The maximum absolute atomic E-state index is 10.6. The molecule has 3 aromatic rings. The summed E-state index contributed by atoms with van der Waals surface area (Å²) in [4.78, 5) is 18.3. The molecule has 0 atom stereocenters. The van der Waals surface area contributed by atoms with E-state index in [1.165, 1.54) is 0 Å². The van der Waals surface area contributed by atoms with E-state index in [9.17, 15) is 4.79 Å². The first-order valence-electron chi connectivity index (χ1n) is 5.84. The molecule has 0 radical (unpaired) electrons. The molecular formula is C14H12N2O2. The van der Waals surface area contributed by atoms with Gasteiger partial charge >= 0.3 is 0 Å². The van der Waals surface area contributed by atoms with Crippen LogP contribution >= 0.6 is 0 Å². The van der Waals surface area contributed by atoms with E-state index >= 15 is 0 Å². The number of aromatic amines is 1. The lowest BCUT2D eigenvalue weighted by Crippen LogP contribution is -1.79. The van der Waals surface area contributed by atoms with Crippen LogP contribution in [0.1, 0.15) is 23.3 Å². The summed E-state index contributed by atoms with van der Waals surface area (Å²) in [6, 6.07) is 9.33. The molecule has 90 valence electrons. The Hall–Kier alpha value is -2.36. The van der Waals surface area contributed by atoms with Crippen molar-refractivity contribution in [3.8, 4) is 11.3 Å². The van der Waals surface area contributed by atoms with E-state index in [-0.39, 0.29) is 0 Å². The van der Waals surface area contributed by atoms with Gasteiger partial charge in [-0.2, -0.15) is 0 Å². The van der Waals surface area contributed by atoms with E-state index in [4.69, 9.17) is 4.42 Å². The van der Waals surface area contributed by atoms with E-state index in [1.54, 1.807) is 12.1 Å². The monoisotopic (exact) mass is 240 g/mol. The van der Waals surface area contributed by atoms with Crippen LogP contribution in [-0.2, 0) is 6.42 Å². The molecule has 0 amide bonds. The first-order valence-corrected chi connectivity index (χ1v) is 5.84. The highest BCUT2D eigenvalue weighted by Gasteiger charge is 2.07. The number of carbonyl (C=O) groups excluding carboxylic acids is 1. The summed E-state index contributed by atoms with van der Waals surface area (Å²) in [6.07, 6.45) is 1.58. The quantitative estimate of drug-likeness (QED) is 0.715. The fourth-order valence-electron chi connectivity index (χ4n) is 1.95. The molecule has 1 aromatic carbocycles. The summed E-state index contributed by atoms with van der Waals surface area (Å²) in [6.45, 7) is 2.06. The van der Waals surface area contributed by atoms with Crippen molar-refractivity contribution in [3.05, 3.63) is 41.9 Å². The van der Waals surface area contributed by atoms with Gasteiger partial charge in [0.05, 0.1) is 11.0 Å². The normalized spacial score (nSPS) is 10.9. The van der Waals surface area contributed by atoms with Crippen molar-refractivity contribution in [2.75, 3.05) is 0 Å². The van der Waals surface area contributed by atoms with Gasteiger partial charge in [-0.05, 0) is 30.3 Å². The lowest BCUT2D eigenvalue weighted by atomic mass is 10.1. The number of carbonyl (C=O) groups is 1. The molecule has 18 heavy (non-hydrogen) atoms. The first-order chi connectivity index (χ1) is 8.80. The largest absolute Gasteiger partial charge is 0.453 e. The fraction of sp³-hybridized carbons (Fsp3) is 0.143. The smallest absolute Gasteiger partial charge is 0.185 e. The summed E-state index contributed by atoms with van der Waals surface area (Å²) < 4.78 is 5.40. The molecule has 0 aliphatic rings. The Morgan fingerprint density at radius 2 is 2.22 bits per heavy atom. The second kappa shape index (κ2) is 4.14. The van der Waals surface area contributed by atoms with Crippen LogP contribution in [0.25, 0.3) is 22.4 Å². The second-order valence-electron chi connectivity index (χ2n) is 4.09. The predicted octanol–water partition coefficient (Wildman–Crippen LogP) is 3.20. The lowest BCUT2D eigenvalue weighted by molar-refractivity contribution is 0.110. The molecule has 0 aliphatic heterocycles. The van der Waals surface area contributed by atoms with Crippen molar-refractivity contribution >= 4 is 17.3 Å². The van der Waals surface area contributed by atoms with Gasteiger partial charge in [-0.15, -0.1) is 0 Å². The molecule has 0 bridgehead atoms. The summed E-state index contributed by atoms with van der Waals surface area (Å²) in [5.74, 6) is 1.99. The molecule has 0 saturated carbocycles. The number of rotatable bonds is 3. The van der Waals surface area contributed by atoms with Crippen LogP contribution in [0.4, 0.5) is 0 Å². The van der Waals surface area contributed by atoms with Crippen LogP contribution in [0, 0.1) is 0 Å². The number of hydrogen-bond donors (Lipinski definition) is 1. The lowest BCUT2D eigenvalue weighted by Gasteiger charge is -1.96. The van der Waals surface area contributed by atoms with E-state index in [2.05, 4.69) is 16.9 Å². The number of hydrogen-bond acceptors (Lipinski definition) is 3. The minimum Gasteiger partial charge on any atom is -0.453 e. The van der Waals surface area contributed by atoms with Crippen molar-refractivity contribution in [2.45, 2.75) is 13.3 Å². The Kier molecular flexibility index (Phi) is 2.48. The van der Waals surface area contributed by atoms with Gasteiger partial charge in [0.1, 0.15) is 11.6 Å². The number of aromatic nitrogens is 2. The first kappa shape index (κ1) is 10.8. The van der Waals surface area contributed by atoms with Gasteiger partial charge in [0.25, 0.3) is 0 Å². The van der Waals surface area contributed by atoms with E-state index < -0.39 is 0 Å². The molecule has 2 heterocycles. The highest BCUT2D eigenvalue weighted by molar-refractivity contribution is 5.81. The summed E-state index contributed by atoms with van der Waals surface area (Å²) in [5.41, 5.74) is 2.85. The average molecular weight is 240 g/mol. The average Bonchev–Trinajstić information content (AvgIpc) is 3.03. The zero-order valence-corrected chi connectivity index (χ0v) is 9.93. The van der Waals surface area contributed by atoms with Crippen molar-refractivity contribution in [2.24, 2.45) is 0 Å². The highest BCUT2D eigenvalue weighted by atomic mass is 16.3. The number of fused-ring (bicyclic) bond motifs is 1. The topological polar surface area (TPSA) is 58.9 Å². The Labute approximate surface area is 104 Å². The Balaban J connectivity index is 2.09. The third kappa shape index (κ3) is 1.72. The van der Waals surface area contributed by atoms with Crippen LogP contribution in [-0.4, -0.2) is 16.3 Å².